The van der Waals surface area contributed by atoms with Crippen molar-refractivity contribution >= 4 is 11.5 Å². The van der Waals surface area contributed by atoms with Crippen LogP contribution in [-0.2, 0) is 0 Å². The lowest BCUT2D eigenvalue weighted by molar-refractivity contribution is 0.0998. The standard InChI is InChI=1S/C13H20N2O2/c1-4-15(5-2)10-6-7-11(12(16)9-14)13(8-10)17-3/h6-8H,4-5,9,14H2,1-3H3. The van der Waals surface area contributed by atoms with E-state index in [1.54, 1.807) is 13.2 Å². The fourth-order valence-electron chi connectivity index (χ4n) is 1.81. The largest absolute Gasteiger partial charge is 0.496 e. The third-order valence-corrected chi connectivity index (χ3v) is 2.80. The van der Waals surface area contributed by atoms with E-state index in [0.29, 0.717) is 11.3 Å². The minimum absolute atomic E-state index is 0.000969. The molecule has 0 radical (unpaired) electrons. The van der Waals surface area contributed by atoms with Crippen LogP contribution in [0.25, 0.3) is 0 Å². The van der Waals surface area contributed by atoms with Crippen molar-refractivity contribution in [1.29, 1.82) is 0 Å². The number of anilines is 1. The van der Waals surface area contributed by atoms with Gasteiger partial charge in [-0.2, -0.15) is 0 Å². The summed E-state index contributed by atoms with van der Waals surface area (Å²) in [5.74, 6) is 0.484. The van der Waals surface area contributed by atoms with E-state index in [9.17, 15) is 4.79 Å². The molecule has 17 heavy (non-hydrogen) atoms. The minimum atomic E-state index is -0.104. The van der Waals surface area contributed by atoms with Crippen LogP contribution in [0.2, 0.25) is 0 Å². The molecule has 2 N–H and O–H groups in total. The summed E-state index contributed by atoms with van der Waals surface area (Å²) in [6, 6.07) is 5.59. The Morgan fingerprint density at radius 1 is 1.35 bits per heavy atom. The number of rotatable bonds is 6. The number of ether oxygens (including phenoxy) is 1. The van der Waals surface area contributed by atoms with Gasteiger partial charge in [-0.15, -0.1) is 0 Å². The number of nitrogens with two attached hydrogens (primary N) is 1. The van der Waals surface area contributed by atoms with Crippen LogP contribution in [0.15, 0.2) is 18.2 Å². The van der Waals surface area contributed by atoms with Crippen molar-refractivity contribution in [3.05, 3.63) is 23.8 Å². The molecular weight excluding hydrogens is 216 g/mol. The van der Waals surface area contributed by atoms with Gasteiger partial charge >= 0.3 is 0 Å². The first-order valence-corrected chi connectivity index (χ1v) is 5.84. The maximum Gasteiger partial charge on any atom is 0.180 e. The van der Waals surface area contributed by atoms with Gasteiger partial charge in [0.2, 0.25) is 0 Å². The van der Waals surface area contributed by atoms with Crippen molar-refractivity contribution in [3.63, 3.8) is 0 Å². The quantitative estimate of drug-likeness (QED) is 0.764. The first-order valence-electron chi connectivity index (χ1n) is 5.84. The molecule has 0 saturated heterocycles. The number of carbonyl (C=O) groups is 1. The Kier molecular flexibility index (Phi) is 4.97. The second-order valence-electron chi connectivity index (χ2n) is 3.68. The summed E-state index contributed by atoms with van der Waals surface area (Å²) in [5, 5.41) is 0. The molecular formula is C13H20N2O2. The zero-order chi connectivity index (χ0) is 12.8. The van der Waals surface area contributed by atoms with Crippen LogP contribution in [0, 0.1) is 0 Å². The van der Waals surface area contributed by atoms with E-state index in [1.165, 1.54) is 0 Å². The van der Waals surface area contributed by atoms with Gasteiger partial charge in [-0.3, -0.25) is 4.79 Å². The van der Waals surface area contributed by atoms with Crippen molar-refractivity contribution in [2.45, 2.75) is 13.8 Å². The van der Waals surface area contributed by atoms with E-state index in [-0.39, 0.29) is 12.3 Å². The number of Topliss-reactive ketones (excluding diaryl/α,β-unsaturated/α-hetero) is 1. The summed E-state index contributed by atoms with van der Waals surface area (Å²) in [7, 11) is 1.56. The summed E-state index contributed by atoms with van der Waals surface area (Å²) < 4.78 is 5.25. The molecule has 0 aromatic heterocycles. The number of nitrogens with zero attached hydrogens (tertiary/aromatic N) is 1. The highest BCUT2D eigenvalue weighted by Gasteiger charge is 2.12. The molecule has 0 aliphatic carbocycles. The van der Waals surface area contributed by atoms with Gasteiger partial charge in [-0.05, 0) is 26.0 Å². The highest BCUT2D eigenvalue weighted by atomic mass is 16.5. The van der Waals surface area contributed by atoms with Gasteiger partial charge in [-0.1, -0.05) is 0 Å². The Morgan fingerprint density at radius 2 is 2.00 bits per heavy atom. The lowest BCUT2D eigenvalue weighted by atomic mass is 10.1. The summed E-state index contributed by atoms with van der Waals surface area (Å²) in [6.45, 7) is 6.03. The zero-order valence-corrected chi connectivity index (χ0v) is 10.7. The van der Waals surface area contributed by atoms with E-state index in [0.717, 1.165) is 18.8 Å². The second kappa shape index (κ2) is 6.25. The van der Waals surface area contributed by atoms with Crippen molar-refractivity contribution in [2.75, 3.05) is 31.6 Å². The molecule has 0 heterocycles. The molecule has 0 aliphatic rings. The maximum absolute atomic E-state index is 11.6. The Labute approximate surface area is 102 Å². The van der Waals surface area contributed by atoms with Crippen LogP contribution < -0.4 is 15.4 Å². The molecule has 4 heteroatoms. The summed E-state index contributed by atoms with van der Waals surface area (Å²) >= 11 is 0. The van der Waals surface area contributed by atoms with E-state index in [2.05, 4.69) is 18.7 Å². The van der Waals surface area contributed by atoms with Crippen LogP contribution in [-0.4, -0.2) is 32.5 Å². The monoisotopic (exact) mass is 236 g/mol. The Balaban J connectivity index is 3.12. The van der Waals surface area contributed by atoms with Crippen molar-refractivity contribution in [3.8, 4) is 5.75 Å². The Morgan fingerprint density at radius 3 is 2.47 bits per heavy atom. The number of methoxy groups -OCH3 is 1. The maximum atomic E-state index is 11.6. The summed E-state index contributed by atoms with van der Waals surface area (Å²) in [6.07, 6.45) is 0. The molecule has 1 aromatic carbocycles. The third kappa shape index (κ3) is 2.97. The lowest BCUT2D eigenvalue weighted by Gasteiger charge is -2.22. The topological polar surface area (TPSA) is 55.6 Å². The average molecular weight is 236 g/mol. The fourth-order valence-corrected chi connectivity index (χ4v) is 1.81. The molecule has 0 saturated carbocycles. The van der Waals surface area contributed by atoms with Crippen LogP contribution in [0.5, 0.6) is 5.75 Å². The minimum Gasteiger partial charge on any atom is -0.496 e. The van der Waals surface area contributed by atoms with Crippen LogP contribution in [0.3, 0.4) is 0 Å². The highest BCUT2D eigenvalue weighted by molar-refractivity contribution is 6.00. The van der Waals surface area contributed by atoms with E-state index < -0.39 is 0 Å². The molecule has 0 spiro atoms. The first kappa shape index (κ1) is 13.5. The lowest BCUT2D eigenvalue weighted by Crippen LogP contribution is -2.22. The van der Waals surface area contributed by atoms with E-state index >= 15 is 0 Å². The molecule has 0 bridgehead atoms. The molecule has 0 aliphatic heterocycles. The van der Waals surface area contributed by atoms with Crippen molar-refractivity contribution in [2.24, 2.45) is 5.73 Å². The average Bonchev–Trinajstić information content (AvgIpc) is 2.39. The predicted octanol–water partition coefficient (Wildman–Crippen LogP) is 1.68. The molecule has 0 atom stereocenters. The number of benzene rings is 1. The molecule has 4 nitrogen and oxygen atoms in total. The summed E-state index contributed by atoms with van der Waals surface area (Å²) in [5.41, 5.74) is 6.97. The third-order valence-electron chi connectivity index (χ3n) is 2.80. The summed E-state index contributed by atoms with van der Waals surface area (Å²) in [4.78, 5) is 13.8. The number of carbonyl (C=O) groups excluding carboxylic acids is 1. The molecule has 94 valence electrons. The van der Waals surface area contributed by atoms with E-state index in [4.69, 9.17) is 10.5 Å². The Hall–Kier alpha value is -1.55. The molecule has 1 aromatic rings. The molecule has 0 unspecified atom stereocenters. The molecule has 0 amide bonds. The normalized spacial score (nSPS) is 10.1. The van der Waals surface area contributed by atoms with Gasteiger partial charge in [0.1, 0.15) is 5.75 Å². The van der Waals surface area contributed by atoms with Crippen LogP contribution in [0.1, 0.15) is 24.2 Å². The number of ketones is 1. The van der Waals surface area contributed by atoms with Gasteiger partial charge in [-0.25, -0.2) is 0 Å². The first-order chi connectivity index (χ1) is 8.17. The van der Waals surface area contributed by atoms with Gasteiger partial charge in [0.05, 0.1) is 19.2 Å². The second-order valence-corrected chi connectivity index (χ2v) is 3.68. The Bertz CT molecular complexity index is 387. The van der Waals surface area contributed by atoms with Crippen molar-refractivity contribution < 1.29 is 9.53 Å². The zero-order valence-electron chi connectivity index (χ0n) is 10.7. The molecule has 1 rings (SSSR count). The van der Waals surface area contributed by atoms with Crippen LogP contribution in [0.4, 0.5) is 5.69 Å². The van der Waals surface area contributed by atoms with Crippen molar-refractivity contribution in [1.82, 2.24) is 0 Å². The molecule has 0 fully saturated rings. The van der Waals surface area contributed by atoms with Gasteiger partial charge in [0.25, 0.3) is 0 Å². The van der Waals surface area contributed by atoms with Gasteiger partial charge < -0.3 is 15.4 Å². The smallest absolute Gasteiger partial charge is 0.180 e. The number of hydrogen-bond acceptors (Lipinski definition) is 4. The highest BCUT2D eigenvalue weighted by Crippen LogP contribution is 2.25. The predicted molar refractivity (Wildman–Crippen MR) is 69.9 cm³/mol. The van der Waals surface area contributed by atoms with Crippen LogP contribution >= 0.6 is 0 Å². The fraction of sp³-hybridized carbons (Fsp3) is 0.462. The van der Waals surface area contributed by atoms with Gasteiger partial charge in [0, 0.05) is 24.8 Å². The van der Waals surface area contributed by atoms with Gasteiger partial charge in [0.15, 0.2) is 5.78 Å². The SMILES string of the molecule is CCN(CC)c1ccc(C(=O)CN)c(OC)c1. The van der Waals surface area contributed by atoms with E-state index in [1.807, 2.05) is 12.1 Å². The number of hydrogen-bond donors (Lipinski definition) is 1.